The van der Waals surface area contributed by atoms with Crippen LogP contribution < -0.4 is 15.4 Å². The Bertz CT molecular complexity index is 828. The number of ether oxygens (including phenoxy) is 2. The van der Waals surface area contributed by atoms with Crippen LogP contribution in [0.15, 0.2) is 24.3 Å². The second-order valence-corrected chi connectivity index (χ2v) is 6.10. The Labute approximate surface area is 152 Å². The van der Waals surface area contributed by atoms with Gasteiger partial charge in [0.2, 0.25) is 0 Å². The average Bonchev–Trinajstić information content (AvgIpc) is 3.27. The van der Waals surface area contributed by atoms with Crippen LogP contribution in [0, 0.1) is 0 Å². The molecule has 1 atom stereocenters. The highest BCUT2D eigenvalue weighted by Gasteiger charge is 2.24. The number of aromatic nitrogens is 1. The molecule has 2 amide bonds. The molecule has 7 nitrogen and oxygen atoms in total. The lowest BCUT2D eigenvalue weighted by atomic mass is 10.00. The largest absolute Gasteiger partial charge is 0.484 e. The lowest BCUT2D eigenvalue weighted by Crippen LogP contribution is -2.23. The normalized spacial score (nSPS) is 13.8. The number of rotatable bonds is 6. The Morgan fingerprint density at radius 3 is 2.85 bits per heavy atom. The van der Waals surface area contributed by atoms with Gasteiger partial charge in [-0.1, -0.05) is 18.2 Å². The van der Waals surface area contributed by atoms with Crippen LogP contribution in [0.1, 0.15) is 57.6 Å². The van der Waals surface area contributed by atoms with Gasteiger partial charge >= 0.3 is 0 Å². The first kappa shape index (κ1) is 18.0. The van der Waals surface area contributed by atoms with Gasteiger partial charge in [0.15, 0.2) is 5.75 Å². The fourth-order valence-corrected chi connectivity index (χ4v) is 3.06. The number of carbonyl (C=O) groups is 2. The summed E-state index contributed by atoms with van der Waals surface area (Å²) in [7, 11) is 1.53. The lowest BCUT2D eigenvalue weighted by molar-refractivity contribution is 0.0951. The third-order valence-electron chi connectivity index (χ3n) is 4.37. The van der Waals surface area contributed by atoms with Crippen molar-refractivity contribution in [2.75, 3.05) is 13.6 Å². The van der Waals surface area contributed by atoms with E-state index in [-0.39, 0.29) is 29.3 Å². The predicted molar refractivity (Wildman–Crippen MR) is 96.2 cm³/mol. The predicted octanol–water partition coefficient (Wildman–Crippen LogP) is 2.29. The van der Waals surface area contributed by atoms with Crippen molar-refractivity contribution in [2.45, 2.75) is 33.2 Å². The van der Waals surface area contributed by atoms with Gasteiger partial charge in [0.1, 0.15) is 17.5 Å². The number of H-pyrrole nitrogens is 1. The van der Waals surface area contributed by atoms with Crippen LogP contribution in [0.3, 0.4) is 0 Å². The summed E-state index contributed by atoms with van der Waals surface area (Å²) in [5.41, 5.74) is 3.81. The number of benzene rings is 1. The van der Waals surface area contributed by atoms with Gasteiger partial charge in [-0.25, -0.2) is 0 Å². The minimum Gasteiger partial charge on any atom is -0.484 e. The number of hydrogen-bond donors (Lipinski definition) is 3. The second-order valence-electron chi connectivity index (χ2n) is 6.10. The van der Waals surface area contributed by atoms with Gasteiger partial charge in [0, 0.05) is 19.7 Å². The highest BCUT2D eigenvalue weighted by molar-refractivity contribution is 5.99. The second kappa shape index (κ2) is 7.61. The van der Waals surface area contributed by atoms with E-state index in [9.17, 15) is 9.59 Å². The molecule has 1 aliphatic heterocycles. The molecular formula is C19H23N3O4. The molecule has 0 fully saturated rings. The molecule has 0 saturated heterocycles. The molecule has 0 spiro atoms. The van der Waals surface area contributed by atoms with Crippen LogP contribution in [0.25, 0.3) is 0 Å². The Hall–Kier alpha value is -2.80. The summed E-state index contributed by atoms with van der Waals surface area (Å²) in [6.45, 7) is 5.40. The molecule has 2 heterocycles. The van der Waals surface area contributed by atoms with E-state index in [4.69, 9.17) is 9.47 Å². The number of carbonyl (C=O) groups excluding carboxylic acids is 2. The van der Waals surface area contributed by atoms with Gasteiger partial charge in [-0.05, 0) is 30.5 Å². The molecule has 0 bridgehead atoms. The van der Waals surface area contributed by atoms with Crippen molar-refractivity contribution in [3.63, 3.8) is 0 Å². The molecule has 1 unspecified atom stereocenters. The number of amides is 2. The molecule has 3 N–H and O–H groups in total. The monoisotopic (exact) mass is 357 g/mol. The van der Waals surface area contributed by atoms with Crippen molar-refractivity contribution in [3.8, 4) is 5.75 Å². The van der Waals surface area contributed by atoms with Gasteiger partial charge in [-0.15, -0.1) is 0 Å². The van der Waals surface area contributed by atoms with Crippen LogP contribution in [0.5, 0.6) is 5.75 Å². The van der Waals surface area contributed by atoms with Crippen molar-refractivity contribution in [3.05, 3.63) is 52.3 Å². The molecular weight excluding hydrogens is 334 g/mol. The highest BCUT2D eigenvalue weighted by atomic mass is 16.5. The van der Waals surface area contributed by atoms with Gasteiger partial charge in [-0.2, -0.15) is 0 Å². The zero-order valence-electron chi connectivity index (χ0n) is 15.1. The summed E-state index contributed by atoms with van der Waals surface area (Å²) in [6.07, 6.45) is -0.298. The maximum Gasteiger partial charge on any atom is 0.271 e. The Balaban J connectivity index is 1.90. The first-order chi connectivity index (χ1) is 12.5. The van der Waals surface area contributed by atoms with E-state index < -0.39 is 0 Å². The van der Waals surface area contributed by atoms with E-state index in [2.05, 4.69) is 15.6 Å². The van der Waals surface area contributed by atoms with Crippen LogP contribution in [-0.2, 0) is 18.0 Å². The Morgan fingerprint density at radius 2 is 2.12 bits per heavy atom. The Morgan fingerprint density at radius 1 is 1.31 bits per heavy atom. The molecule has 1 aromatic heterocycles. The third kappa shape index (κ3) is 3.43. The zero-order chi connectivity index (χ0) is 18.7. The third-order valence-corrected chi connectivity index (χ3v) is 4.37. The van der Waals surface area contributed by atoms with Gasteiger partial charge in [-0.3, -0.25) is 9.59 Å². The van der Waals surface area contributed by atoms with Crippen molar-refractivity contribution in [2.24, 2.45) is 0 Å². The van der Waals surface area contributed by atoms with Crippen molar-refractivity contribution in [1.29, 1.82) is 0 Å². The zero-order valence-corrected chi connectivity index (χ0v) is 15.1. The van der Waals surface area contributed by atoms with E-state index in [1.807, 2.05) is 32.0 Å². The van der Waals surface area contributed by atoms with Crippen LogP contribution >= 0.6 is 0 Å². The number of aromatic amines is 1. The van der Waals surface area contributed by atoms with E-state index >= 15 is 0 Å². The van der Waals surface area contributed by atoms with E-state index in [1.54, 1.807) is 6.07 Å². The SMILES string of the molecule is CCNC(=O)c1cc(OC(C)c2cccc3c2COC3)c(C(=O)NC)[nH]1. The van der Waals surface area contributed by atoms with Crippen molar-refractivity contribution < 1.29 is 19.1 Å². The topological polar surface area (TPSA) is 92.4 Å². The smallest absolute Gasteiger partial charge is 0.271 e. The summed E-state index contributed by atoms with van der Waals surface area (Å²) >= 11 is 0. The summed E-state index contributed by atoms with van der Waals surface area (Å²) in [5, 5.41) is 5.26. The van der Waals surface area contributed by atoms with Gasteiger partial charge in [0.25, 0.3) is 11.8 Å². The molecule has 1 aromatic carbocycles. The van der Waals surface area contributed by atoms with Crippen molar-refractivity contribution in [1.82, 2.24) is 15.6 Å². The number of fused-ring (bicyclic) bond motifs is 1. The standard InChI is InChI=1S/C19H23N3O4/c1-4-21-18(23)15-8-16(17(22-15)19(24)20-3)26-11(2)13-7-5-6-12-9-25-10-14(12)13/h5-8,11,22H,4,9-10H2,1-3H3,(H,20,24)(H,21,23). The fourth-order valence-electron chi connectivity index (χ4n) is 3.06. The van der Waals surface area contributed by atoms with E-state index in [0.717, 1.165) is 16.7 Å². The first-order valence-electron chi connectivity index (χ1n) is 8.63. The molecule has 26 heavy (non-hydrogen) atoms. The first-order valence-corrected chi connectivity index (χ1v) is 8.63. The summed E-state index contributed by atoms with van der Waals surface area (Å²) in [6, 6.07) is 7.57. The fraction of sp³-hybridized carbons (Fsp3) is 0.368. The molecule has 1 aliphatic rings. The molecule has 2 aromatic rings. The molecule has 0 radical (unpaired) electrons. The quantitative estimate of drug-likeness (QED) is 0.740. The summed E-state index contributed by atoms with van der Waals surface area (Å²) in [5.74, 6) is -0.284. The molecule has 0 aliphatic carbocycles. The Kier molecular flexibility index (Phi) is 5.27. The average molecular weight is 357 g/mol. The maximum atomic E-state index is 12.2. The summed E-state index contributed by atoms with van der Waals surface area (Å²) in [4.78, 5) is 27.1. The number of nitrogens with one attached hydrogen (secondary N) is 3. The highest BCUT2D eigenvalue weighted by Crippen LogP contribution is 2.32. The van der Waals surface area contributed by atoms with Gasteiger partial charge in [0.05, 0.1) is 13.2 Å². The molecule has 138 valence electrons. The van der Waals surface area contributed by atoms with E-state index in [0.29, 0.717) is 25.5 Å². The van der Waals surface area contributed by atoms with Gasteiger partial charge < -0.3 is 25.1 Å². The minimum atomic E-state index is -0.343. The van der Waals surface area contributed by atoms with Crippen LogP contribution in [0.2, 0.25) is 0 Å². The molecule has 3 rings (SSSR count). The van der Waals surface area contributed by atoms with Crippen LogP contribution in [0.4, 0.5) is 0 Å². The lowest BCUT2D eigenvalue weighted by Gasteiger charge is -2.17. The maximum absolute atomic E-state index is 12.2. The van der Waals surface area contributed by atoms with E-state index in [1.165, 1.54) is 7.05 Å². The van der Waals surface area contributed by atoms with Crippen molar-refractivity contribution >= 4 is 11.8 Å². The number of hydrogen-bond acceptors (Lipinski definition) is 4. The molecule has 0 saturated carbocycles. The summed E-state index contributed by atoms with van der Waals surface area (Å²) < 4.78 is 11.6. The van der Waals surface area contributed by atoms with Crippen LogP contribution in [-0.4, -0.2) is 30.4 Å². The molecule has 7 heteroatoms. The minimum absolute atomic E-state index is 0.226.